The summed E-state index contributed by atoms with van der Waals surface area (Å²) in [5.74, 6) is -0.298. The highest BCUT2D eigenvalue weighted by molar-refractivity contribution is 6.30. The third kappa shape index (κ3) is 2.96. The molecule has 1 aromatic carbocycles. The molecule has 1 fully saturated rings. The van der Waals surface area contributed by atoms with Crippen LogP contribution in [-0.4, -0.2) is 16.6 Å². The van der Waals surface area contributed by atoms with Gasteiger partial charge in [0, 0.05) is 10.6 Å². The number of carbonyl (C=O) groups is 1. The molecule has 2 N–H and O–H groups in total. The SMILES string of the molecule is CC1(NC(=O)c2ccc(Cl)cc2O)CCCCC1. The highest BCUT2D eigenvalue weighted by Gasteiger charge is 2.29. The van der Waals surface area contributed by atoms with E-state index in [1.165, 1.54) is 12.5 Å². The lowest BCUT2D eigenvalue weighted by molar-refractivity contribution is 0.0880. The van der Waals surface area contributed by atoms with Crippen molar-refractivity contribution < 1.29 is 9.90 Å². The molecule has 0 radical (unpaired) electrons. The quantitative estimate of drug-likeness (QED) is 0.862. The van der Waals surface area contributed by atoms with Crippen molar-refractivity contribution >= 4 is 17.5 Å². The van der Waals surface area contributed by atoms with E-state index in [0.717, 1.165) is 25.7 Å². The Balaban J connectivity index is 2.11. The zero-order chi connectivity index (χ0) is 13.2. The molecule has 4 heteroatoms. The lowest BCUT2D eigenvalue weighted by Gasteiger charge is -2.34. The first-order chi connectivity index (χ1) is 8.50. The molecular weight excluding hydrogens is 250 g/mol. The number of carbonyl (C=O) groups excluding carboxylic acids is 1. The minimum Gasteiger partial charge on any atom is -0.507 e. The summed E-state index contributed by atoms with van der Waals surface area (Å²) >= 11 is 5.75. The Labute approximate surface area is 112 Å². The van der Waals surface area contributed by atoms with Gasteiger partial charge >= 0.3 is 0 Å². The van der Waals surface area contributed by atoms with Gasteiger partial charge < -0.3 is 10.4 Å². The predicted molar refractivity (Wildman–Crippen MR) is 72.1 cm³/mol. The minimum absolute atomic E-state index is 0.0700. The average molecular weight is 268 g/mol. The summed E-state index contributed by atoms with van der Waals surface area (Å²) in [6, 6.07) is 4.55. The van der Waals surface area contributed by atoms with Crippen molar-refractivity contribution in [3.05, 3.63) is 28.8 Å². The molecule has 98 valence electrons. The Morgan fingerprint density at radius 1 is 1.33 bits per heavy atom. The van der Waals surface area contributed by atoms with Crippen LogP contribution in [0.25, 0.3) is 0 Å². The molecule has 18 heavy (non-hydrogen) atoms. The van der Waals surface area contributed by atoms with Crippen molar-refractivity contribution in [2.45, 2.75) is 44.6 Å². The maximum atomic E-state index is 12.1. The molecular formula is C14H18ClNO2. The van der Waals surface area contributed by atoms with Crippen LogP contribution in [0.1, 0.15) is 49.4 Å². The molecule has 0 heterocycles. The van der Waals surface area contributed by atoms with Gasteiger partial charge in [-0.05, 0) is 38.0 Å². The van der Waals surface area contributed by atoms with Crippen molar-refractivity contribution in [2.75, 3.05) is 0 Å². The van der Waals surface area contributed by atoms with E-state index in [4.69, 9.17) is 11.6 Å². The van der Waals surface area contributed by atoms with Crippen molar-refractivity contribution in [2.24, 2.45) is 0 Å². The number of phenolic OH excluding ortho intramolecular Hbond substituents is 1. The number of aromatic hydroxyl groups is 1. The second kappa shape index (κ2) is 5.19. The zero-order valence-corrected chi connectivity index (χ0v) is 11.3. The number of phenols is 1. The normalized spacial score (nSPS) is 18.3. The molecule has 3 nitrogen and oxygen atoms in total. The van der Waals surface area contributed by atoms with E-state index in [9.17, 15) is 9.90 Å². The summed E-state index contributed by atoms with van der Waals surface area (Å²) in [5.41, 5.74) is 0.132. The number of rotatable bonds is 2. The molecule has 0 bridgehead atoms. The van der Waals surface area contributed by atoms with Crippen LogP contribution in [0.2, 0.25) is 5.02 Å². The second-order valence-electron chi connectivity index (χ2n) is 5.24. The molecule has 0 saturated heterocycles. The van der Waals surface area contributed by atoms with Gasteiger partial charge in [0.1, 0.15) is 5.75 Å². The first-order valence-electron chi connectivity index (χ1n) is 6.31. The molecule has 0 atom stereocenters. The van der Waals surface area contributed by atoms with Crippen molar-refractivity contribution in [3.63, 3.8) is 0 Å². The van der Waals surface area contributed by atoms with E-state index in [1.54, 1.807) is 12.1 Å². The number of amides is 1. The maximum Gasteiger partial charge on any atom is 0.255 e. The van der Waals surface area contributed by atoms with E-state index in [2.05, 4.69) is 12.2 Å². The third-order valence-corrected chi connectivity index (χ3v) is 3.81. The molecule has 0 aromatic heterocycles. The summed E-state index contributed by atoms with van der Waals surface area (Å²) in [7, 11) is 0. The summed E-state index contributed by atoms with van der Waals surface area (Å²) in [6.07, 6.45) is 5.50. The van der Waals surface area contributed by atoms with E-state index >= 15 is 0 Å². The van der Waals surface area contributed by atoms with Crippen LogP contribution in [0, 0.1) is 0 Å². The van der Waals surface area contributed by atoms with Crippen LogP contribution in [0.3, 0.4) is 0 Å². The van der Waals surface area contributed by atoms with E-state index < -0.39 is 0 Å². The fourth-order valence-electron chi connectivity index (χ4n) is 2.50. The van der Waals surface area contributed by atoms with Gasteiger partial charge in [0.2, 0.25) is 0 Å². The van der Waals surface area contributed by atoms with Crippen LogP contribution in [0.15, 0.2) is 18.2 Å². The number of benzene rings is 1. The molecule has 0 unspecified atom stereocenters. The standard InChI is InChI=1S/C14H18ClNO2/c1-14(7-3-2-4-8-14)16-13(18)11-6-5-10(15)9-12(11)17/h5-6,9,17H,2-4,7-8H2,1H3,(H,16,18). The van der Waals surface area contributed by atoms with E-state index in [1.807, 2.05) is 0 Å². The maximum absolute atomic E-state index is 12.1. The highest BCUT2D eigenvalue weighted by atomic mass is 35.5. The Hall–Kier alpha value is -1.22. The first-order valence-corrected chi connectivity index (χ1v) is 6.69. The number of hydrogen-bond acceptors (Lipinski definition) is 2. The molecule has 1 aromatic rings. The van der Waals surface area contributed by atoms with Gasteiger partial charge in [0.25, 0.3) is 5.91 Å². The van der Waals surface area contributed by atoms with Crippen LogP contribution >= 0.6 is 11.6 Å². The topological polar surface area (TPSA) is 49.3 Å². The number of hydrogen-bond donors (Lipinski definition) is 2. The largest absolute Gasteiger partial charge is 0.507 e. The second-order valence-corrected chi connectivity index (χ2v) is 5.67. The van der Waals surface area contributed by atoms with Gasteiger partial charge in [0.05, 0.1) is 5.56 Å². The van der Waals surface area contributed by atoms with Gasteiger partial charge in [-0.15, -0.1) is 0 Å². The smallest absolute Gasteiger partial charge is 0.255 e. The van der Waals surface area contributed by atoms with E-state index in [-0.39, 0.29) is 22.8 Å². The third-order valence-electron chi connectivity index (χ3n) is 3.58. The summed E-state index contributed by atoms with van der Waals surface area (Å²) < 4.78 is 0. The molecule has 0 aliphatic heterocycles. The Morgan fingerprint density at radius 2 is 2.00 bits per heavy atom. The number of nitrogens with one attached hydrogen (secondary N) is 1. The summed E-state index contributed by atoms with van der Waals surface area (Å²) in [6.45, 7) is 2.07. The number of halogens is 1. The van der Waals surface area contributed by atoms with Crippen LogP contribution < -0.4 is 5.32 Å². The van der Waals surface area contributed by atoms with Gasteiger partial charge in [-0.25, -0.2) is 0 Å². The highest BCUT2D eigenvalue weighted by Crippen LogP contribution is 2.29. The lowest BCUT2D eigenvalue weighted by Crippen LogP contribution is -2.47. The van der Waals surface area contributed by atoms with Gasteiger partial charge in [0.15, 0.2) is 0 Å². The molecule has 1 saturated carbocycles. The predicted octanol–water partition coefficient (Wildman–Crippen LogP) is 3.50. The monoisotopic (exact) mass is 267 g/mol. The van der Waals surface area contributed by atoms with Crippen molar-refractivity contribution in [1.82, 2.24) is 5.32 Å². The summed E-state index contributed by atoms with van der Waals surface area (Å²) in [4.78, 5) is 12.1. The lowest BCUT2D eigenvalue weighted by atomic mass is 9.83. The zero-order valence-electron chi connectivity index (χ0n) is 10.5. The van der Waals surface area contributed by atoms with E-state index in [0.29, 0.717) is 5.02 Å². The summed E-state index contributed by atoms with van der Waals surface area (Å²) in [5, 5.41) is 13.2. The van der Waals surface area contributed by atoms with Gasteiger partial charge in [-0.2, -0.15) is 0 Å². The Bertz CT molecular complexity index is 453. The first kappa shape index (κ1) is 13.2. The molecule has 2 rings (SSSR count). The van der Waals surface area contributed by atoms with Crippen molar-refractivity contribution in [3.8, 4) is 5.75 Å². The Kier molecular flexibility index (Phi) is 3.81. The van der Waals surface area contributed by atoms with Gasteiger partial charge in [-0.1, -0.05) is 30.9 Å². The van der Waals surface area contributed by atoms with Crippen molar-refractivity contribution in [1.29, 1.82) is 0 Å². The fraction of sp³-hybridized carbons (Fsp3) is 0.500. The fourth-order valence-corrected chi connectivity index (χ4v) is 2.66. The molecule has 0 spiro atoms. The van der Waals surface area contributed by atoms with Crippen LogP contribution in [0.5, 0.6) is 5.75 Å². The Morgan fingerprint density at radius 3 is 2.61 bits per heavy atom. The molecule has 1 amide bonds. The van der Waals surface area contributed by atoms with Crippen LogP contribution in [0.4, 0.5) is 0 Å². The average Bonchev–Trinajstić information content (AvgIpc) is 2.28. The molecule has 1 aliphatic carbocycles. The molecule has 1 aliphatic rings. The van der Waals surface area contributed by atoms with Crippen LogP contribution in [-0.2, 0) is 0 Å². The van der Waals surface area contributed by atoms with Gasteiger partial charge in [-0.3, -0.25) is 4.79 Å². The minimum atomic E-state index is -0.228.